The zero-order chi connectivity index (χ0) is 17.9. The third-order valence-corrected chi connectivity index (χ3v) is 5.22. The Morgan fingerprint density at radius 2 is 1.96 bits per heavy atom. The van der Waals surface area contributed by atoms with Gasteiger partial charge in [0.05, 0.1) is 19.3 Å². The van der Waals surface area contributed by atoms with E-state index in [1.807, 2.05) is 29.2 Å². The van der Waals surface area contributed by atoms with Gasteiger partial charge >= 0.3 is 6.03 Å². The Labute approximate surface area is 153 Å². The third kappa shape index (κ3) is 3.58. The van der Waals surface area contributed by atoms with Gasteiger partial charge in [-0.3, -0.25) is 0 Å². The van der Waals surface area contributed by atoms with Gasteiger partial charge in [0.1, 0.15) is 5.82 Å². The maximum absolute atomic E-state index is 13.7. The zero-order valence-electron chi connectivity index (χ0n) is 14.7. The molecule has 1 saturated heterocycles. The predicted molar refractivity (Wildman–Crippen MR) is 98.3 cm³/mol. The number of hydrogen-bond acceptors (Lipinski definition) is 2. The van der Waals surface area contributed by atoms with E-state index >= 15 is 0 Å². The van der Waals surface area contributed by atoms with E-state index in [2.05, 4.69) is 5.32 Å². The molecule has 2 heterocycles. The Balaban J connectivity index is 1.55. The van der Waals surface area contributed by atoms with Crippen molar-refractivity contribution in [3.63, 3.8) is 0 Å². The minimum absolute atomic E-state index is 0.0917. The second-order valence-corrected chi connectivity index (χ2v) is 7.02. The number of carbonyl (C=O) groups is 1. The van der Waals surface area contributed by atoms with Gasteiger partial charge in [0.2, 0.25) is 0 Å². The molecule has 2 aromatic carbocycles. The van der Waals surface area contributed by atoms with Crippen molar-refractivity contribution in [2.24, 2.45) is 0 Å². The molecule has 2 amide bonds. The van der Waals surface area contributed by atoms with Crippen LogP contribution in [0.5, 0.6) is 0 Å². The SMILES string of the molecule is O=C(Nc1ccc2c(c1)COC2)N1CCCCCC1c1cccc(F)c1. The van der Waals surface area contributed by atoms with Gasteiger partial charge in [-0.05, 0) is 53.8 Å². The maximum atomic E-state index is 13.7. The number of likely N-dealkylation sites (tertiary alicyclic amines) is 1. The number of anilines is 1. The number of hydrogen-bond donors (Lipinski definition) is 1. The normalized spacial score (nSPS) is 19.7. The van der Waals surface area contributed by atoms with Crippen LogP contribution in [0.4, 0.5) is 14.9 Å². The lowest BCUT2D eigenvalue weighted by Gasteiger charge is -2.30. The highest BCUT2D eigenvalue weighted by atomic mass is 19.1. The highest BCUT2D eigenvalue weighted by molar-refractivity contribution is 5.89. The Morgan fingerprint density at radius 1 is 1.08 bits per heavy atom. The van der Waals surface area contributed by atoms with E-state index in [0.29, 0.717) is 19.8 Å². The first-order chi connectivity index (χ1) is 12.7. The first-order valence-electron chi connectivity index (χ1n) is 9.23. The average Bonchev–Trinajstić information content (AvgIpc) is 2.96. The van der Waals surface area contributed by atoms with Crippen LogP contribution in [0.2, 0.25) is 0 Å². The van der Waals surface area contributed by atoms with Crippen molar-refractivity contribution in [1.29, 1.82) is 0 Å². The Bertz CT molecular complexity index is 808. The second kappa shape index (κ2) is 7.46. The largest absolute Gasteiger partial charge is 0.372 e. The van der Waals surface area contributed by atoms with Crippen LogP contribution in [0.25, 0.3) is 0 Å². The van der Waals surface area contributed by atoms with Crippen LogP contribution >= 0.6 is 0 Å². The Hall–Kier alpha value is -2.40. The molecule has 0 aliphatic carbocycles. The van der Waals surface area contributed by atoms with Crippen molar-refractivity contribution < 1.29 is 13.9 Å². The van der Waals surface area contributed by atoms with Crippen LogP contribution in [0.1, 0.15) is 48.4 Å². The average molecular weight is 354 g/mol. The topological polar surface area (TPSA) is 41.6 Å². The zero-order valence-corrected chi connectivity index (χ0v) is 14.7. The van der Waals surface area contributed by atoms with Crippen LogP contribution in [-0.4, -0.2) is 17.5 Å². The molecule has 0 spiro atoms. The highest BCUT2D eigenvalue weighted by Crippen LogP contribution is 2.31. The summed E-state index contributed by atoms with van der Waals surface area (Å²) in [5.41, 5.74) is 3.95. The fourth-order valence-electron chi connectivity index (χ4n) is 3.86. The summed E-state index contributed by atoms with van der Waals surface area (Å²) in [6, 6.07) is 12.3. The monoisotopic (exact) mass is 354 g/mol. The number of carbonyl (C=O) groups excluding carboxylic acids is 1. The number of ether oxygens (including phenoxy) is 1. The first kappa shape index (κ1) is 17.0. The lowest BCUT2D eigenvalue weighted by Crippen LogP contribution is -2.38. The standard InChI is InChI=1S/C21H23FN2O2/c22-18-6-4-5-15(11-18)20-7-2-1-3-10-24(20)21(25)23-19-9-8-16-13-26-14-17(16)12-19/h4-6,8-9,11-12,20H,1-3,7,10,13-14H2,(H,23,25). The van der Waals surface area contributed by atoms with E-state index in [9.17, 15) is 9.18 Å². The summed E-state index contributed by atoms with van der Waals surface area (Å²) in [5.74, 6) is -0.259. The maximum Gasteiger partial charge on any atom is 0.322 e. The molecule has 1 fully saturated rings. The molecular weight excluding hydrogens is 331 g/mol. The summed E-state index contributed by atoms with van der Waals surface area (Å²) >= 11 is 0. The molecule has 2 aromatic rings. The molecule has 1 N–H and O–H groups in total. The quantitative estimate of drug-likeness (QED) is 0.824. The van der Waals surface area contributed by atoms with Crippen LogP contribution in [0, 0.1) is 5.82 Å². The number of halogens is 1. The number of nitrogens with zero attached hydrogens (tertiary/aromatic N) is 1. The van der Waals surface area contributed by atoms with Crippen molar-refractivity contribution in [1.82, 2.24) is 4.90 Å². The van der Waals surface area contributed by atoms with Crippen LogP contribution < -0.4 is 5.32 Å². The second-order valence-electron chi connectivity index (χ2n) is 7.02. The van der Waals surface area contributed by atoms with E-state index in [0.717, 1.165) is 42.5 Å². The first-order valence-corrected chi connectivity index (χ1v) is 9.23. The lowest BCUT2D eigenvalue weighted by molar-refractivity contribution is 0.134. The molecule has 4 rings (SSSR count). The number of nitrogens with one attached hydrogen (secondary N) is 1. The molecule has 26 heavy (non-hydrogen) atoms. The number of amides is 2. The molecule has 0 bridgehead atoms. The smallest absolute Gasteiger partial charge is 0.322 e. The molecule has 5 heteroatoms. The van der Waals surface area contributed by atoms with E-state index in [1.165, 1.54) is 11.6 Å². The van der Waals surface area contributed by atoms with Crippen molar-refractivity contribution >= 4 is 11.7 Å². The van der Waals surface area contributed by atoms with Gasteiger partial charge in [0.15, 0.2) is 0 Å². The molecule has 4 nitrogen and oxygen atoms in total. The summed E-state index contributed by atoms with van der Waals surface area (Å²) < 4.78 is 19.1. The van der Waals surface area contributed by atoms with E-state index < -0.39 is 0 Å². The van der Waals surface area contributed by atoms with Gasteiger partial charge < -0.3 is 15.0 Å². The Morgan fingerprint density at radius 3 is 2.85 bits per heavy atom. The molecule has 2 aliphatic rings. The van der Waals surface area contributed by atoms with Crippen LogP contribution in [-0.2, 0) is 18.0 Å². The van der Waals surface area contributed by atoms with Crippen molar-refractivity contribution in [2.75, 3.05) is 11.9 Å². The summed E-state index contributed by atoms with van der Waals surface area (Å²) in [5, 5.41) is 3.02. The number of rotatable bonds is 2. The van der Waals surface area contributed by atoms with Gasteiger partial charge in [-0.25, -0.2) is 9.18 Å². The van der Waals surface area contributed by atoms with Crippen LogP contribution in [0.15, 0.2) is 42.5 Å². The summed E-state index contributed by atoms with van der Waals surface area (Å²) in [7, 11) is 0. The minimum Gasteiger partial charge on any atom is -0.372 e. The molecule has 1 atom stereocenters. The van der Waals surface area contributed by atoms with Gasteiger partial charge in [-0.15, -0.1) is 0 Å². The van der Waals surface area contributed by atoms with E-state index in [4.69, 9.17) is 4.74 Å². The number of fused-ring (bicyclic) bond motifs is 1. The summed E-state index contributed by atoms with van der Waals surface area (Å²) in [4.78, 5) is 14.8. The molecule has 0 saturated carbocycles. The fraction of sp³-hybridized carbons (Fsp3) is 0.381. The van der Waals surface area contributed by atoms with Crippen LogP contribution in [0.3, 0.4) is 0 Å². The summed E-state index contributed by atoms with van der Waals surface area (Å²) in [6.07, 6.45) is 3.96. The van der Waals surface area contributed by atoms with Gasteiger partial charge in [-0.2, -0.15) is 0 Å². The summed E-state index contributed by atoms with van der Waals surface area (Å²) in [6.45, 7) is 1.91. The molecular formula is C21H23FN2O2. The molecule has 0 radical (unpaired) electrons. The fourth-order valence-corrected chi connectivity index (χ4v) is 3.86. The van der Waals surface area contributed by atoms with Gasteiger partial charge in [-0.1, -0.05) is 31.0 Å². The van der Waals surface area contributed by atoms with Crippen molar-refractivity contribution in [2.45, 2.75) is 44.9 Å². The molecule has 1 unspecified atom stereocenters. The van der Waals surface area contributed by atoms with Gasteiger partial charge in [0, 0.05) is 12.2 Å². The molecule has 2 aliphatic heterocycles. The number of benzene rings is 2. The minimum atomic E-state index is -0.259. The molecule has 0 aromatic heterocycles. The molecule has 136 valence electrons. The van der Waals surface area contributed by atoms with E-state index in [1.54, 1.807) is 12.1 Å². The van der Waals surface area contributed by atoms with E-state index in [-0.39, 0.29) is 17.9 Å². The van der Waals surface area contributed by atoms with Crippen molar-refractivity contribution in [3.8, 4) is 0 Å². The van der Waals surface area contributed by atoms with Gasteiger partial charge in [0.25, 0.3) is 0 Å². The lowest BCUT2D eigenvalue weighted by atomic mass is 10.0. The number of urea groups is 1. The highest BCUT2D eigenvalue weighted by Gasteiger charge is 2.27. The van der Waals surface area contributed by atoms with Crippen molar-refractivity contribution in [3.05, 3.63) is 65.0 Å². The predicted octanol–water partition coefficient (Wildman–Crippen LogP) is 5.01. The third-order valence-electron chi connectivity index (χ3n) is 5.22. The Kier molecular flexibility index (Phi) is 4.89.